The van der Waals surface area contributed by atoms with Crippen LogP contribution in [-0.4, -0.2) is 32.3 Å². The van der Waals surface area contributed by atoms with Crippen molar-refractivity contribution in [2.75, 3.05) is 6.61 Å². The summed E-state index contributed by atoms with van der Waals surface area (Å²) in [7, 11) is 0. The molecule has 22 heavy (non-hydrogen) atoms. The predicted molar refractivity (Wildman–Crippen MR) is 81.9 cm³/mol. The molecule has 8 nitrogen and oxygen atoms in total. The van der Waals surface area contributed by atoms with Gasteiger partial charge in [-0.15, -0.1) is 0 Å². The number of rotatable bonds is 6. The van der Waals surface area contributed by atoms with Crippen molar-refractivity contribution in [3.05, 3.63) is 56.9 Å². The van der Waals surface area contributed by atoms with Gasteiger partial charge in [0.15, 0.2) is 11.6 Å². The molecule has 0 saturated heterocycles. The van der Waals surface area contributed by atoms with E-state index >= 15 is 0 Å². The molecule has 4 N–H and O–H groups in total. The molecule has 116 valence electrons. The molecule has 8 heteroatoms. The van der Waals surface area contributed by atoms with Crippen molar-refractivity contribution in [1.29, 1.82) is 5.41 Å². The second kappa shape index (κ2) is 6.70. The summed E-state index contributed by atoms with van der Waals surface area (Å²) in [5, 5.41) is 8.02. The first-order chi connectivity index (χ1) is 10.5. The zero-order valence-electron chi connectivity index (χ0n) is 12.3. The second-order valence-corrected chi connectivity index (χ2v) is 5.05. The third-order valence-corrected chi connectivity index (χ3v) is 2.69. The van der Waals surface area contributed by atoms with Crippen LogP contribution in [0.5, 0.6) is 0 Å². The monoisotopic (exact) mass is 303 g/mol. The number of nitrogens with one attached hydrogen (secondary N) is 4. The van der Waals surface area contributed by atoms with Gasteiger partial charge in [0.1, 0.15) is 0 Å². The van der Waals surface area contributed by atoms with Crippen LogP contribution in [0, 0.1) is 11.3 Å². The summed E-state index contributed by atoms with van der Waals surface area (Å²) in [4.78, 5) is 34.1. The minimum atomic E-state index is -0.632. The van der Waals surface area contributed by atoms with Gasteiger partial charge in [0, 0.05) is 24.7 Å². The fourth-order valence-electron chi connectivity index (χ4n) is 1.65. The minimum Gasteiger partial charge on any atom is -0.489 e. The van der Waals surface area contributed by atoms with Crippen molar-refractivity contribution < 1.29 is 4.74 Å². The molecule has 0 amide bonds. The molecular formula is C14H17N5O3. The lowest BCUT2D eigenvalue weighted by Crippen LogP contribution is -2.26. The summed E-state index contributed by atoms with van der Waals surface area (Å²) in [6, 6.07) is 0. The largest absolute Gasteiger partial charge is 0.489 e. The highest BCUT2D eigenvalue weighted by molar-refractivity contribution is 6.09. The molecule has 0 spiro atoms. The fraction of sp³-hybridized carbons (Fsp3) is 0.286. The molecule has 0 saturated carbocycles. The number of hydrogen-bond donors (Lipinski definition) is 4. The summed E-state index contributed by atoms with van der Waals surface area (Å²) in [6.07, 6.45) is 5.79. The van der Waals surface area contributed by atoms with Crippen molar-refractivity contribution >= 4 is 11.5 Å². The fourth-order valence-corrected chi connectivity index (χ4v) is 1.65. The number of hydrogen-bond acceptors (Lipinski definition) is 5. The standard InChI is InChI=1S/C14H17N5O3/c1-8(2)7-22-11(12-16-3-4-17-12)5-10(15)9-6-18-14(21)19-13(9)20/h3-6,8,15H,7H2,1-2H3,(H,16,17)(H2,18,19,20,21)/b11-5+,15-10?. The molecule has 0 aliphatic heterocycles. The van der Waals surface area contributed by atoms with E-state index in [1.54, 1.807) is 12.4 Å². The first-order valence-corrected chi connectivity index (χ1v) is 6.72. The number of aromatic amines is 3. The highest BCUT2D eigenvalue weighted by Gasteiger charge is 2.11. The van der Waals surface area contributed by atoms with Crippen LogP contribution in [0.4, 0.5) is 0 Å². The molecule has 2 aromatic heterocycles. The minimum absolute atomic E-state index is 0.0387. The van der Waals surface area contributed by atoms with Crippen molar-refractivity contribution in [2.45, 2.75) is 13.8 Å². The van der Waals surface area contributed by atoms with Gasteiger partial charge in [0.2, 0.25) is 0 Å². The average Bonchev–Trinajstić information content (AvgIpc) is 2.96. The Bertz CT molecular complexity index is 783. The zero-order valence-corrected chi connectivity index (χ0v) is 12.3. The van der Waals surface area contributed by atoms with Crippen LogP contribution in [0.2, 0.25) is 0 Å². The van der Waals surface area contributed by atoms with Crippen molar-refractivity contribution in [3.63, 3.8) is 0 Å². The Morgan fingerprint density at radius 1 is 1.41 bits per heavy atom. The van der Waals surface area contributed by atoms with Gasteiger partial charge >= 0.3 is 5.69 Å². The molecule has 0 aliphatic carbocycles. The smallest absolute Gasteiger partial charge is 0.325 e. The summed E-state index contributed by atoms with van der Waals surface area (Å²) in [5.41, 5.74) is -1.30. The topological polar surface area (TPSA) is 127 Å². The molecule has 0 aliphatic rings. The lowest BCUT2D eigenvalue weighted by atomic mass is 10.2. The van der Waals surface area contributed by atoms with E-state index in [0.717, 1.165) is 0 Å². The third kappa shape index (κ3) is 3.81. The summed E-state index contributed by atoms with van der Waals surface area (Å²) in [5.74, 6) is 1.12. The Morgan fingerprint density at radius 2 is 2.18 bits per heavy atom. The van der Waals surface area contributed by atoms with E-state index in [-0.39, 0.29) is 11.3 Å². The Balaban J connectivity index is 2.33. The summed E-state index contributed by atoms with van der Waals surface area (Å²) < 4.78 is 5.65. The molecule has 0 fully saturated rings. The number of aromatic nitrogens is 4. The highest BCUT2D eigenvalue weighted by atomic mass is 16.5. The number of imidazole rings is 1. The van der Waals surface area contributed by atoms with Crippen LogP contribution in [-0.2, 0) is 4.74 Å². The Hall–Kier alpha value is -2.90. The van der Waals surface area contributed by atoms with E-state index in [4.69, 9.17) is 10.1 Å². The highest BCUT2D eigenvalue weighted by Crippen LogP contribution is 2.13. The number of allylic oxidation sites excluding steroid dienone is 1. The van der Waals surface area contributed by atoms with Crippen LogP contribution in [0.25, 0.3) is 5.76 Å². The average molecular weight is 303 g/mol. The Morgan fingerprint density at radius 3 is 2.77 bits per heavy atom. The molecule has 2 heterocycles. The zero-order chi connectivity index (χ0) is 16.1. The number of ether oxygens (including phenoxy) is 1. The normalized spacial score (nSPS) is 11.7. The lowest BCUT2D eigenvalue weighted by molar-refractivity contribution is 0.233. The summed E-state index contributed by atoms with van der Waals surface area (Å²) in [6.45, 7) is 4.44. The maximum absolute atomic E-state index is 11.7. The Labute approximate surface area is 125 Å². The van der Waals surface area contributed by atoms with Crippen LogP contribution in [0.1, 0.15) is 25.2 Å². The van der Waals surface area contributed by atoms with Crippen LogP contribution in [0.3, 0.4) is 0 Å². The van der Waals surface area contributed by atoms with Gasteiger partial charge in [-0.25, -0.2) is 9.78 Å². The van der Waals surface area contributed by atoms with Crippen LogP contribution < -0.4 is 11.2 Å². The maximum atomic E-state index is 11.7. The van der Waals surface area contributed by atoms with Crippen molar-refractivity contribution in [3.8, 4) is 0 Å². The van der Waals surface area contributed by atoms with E-state index in [1.165, 1.54) is 12.3 Å². The molecule has 2 aromatic rings. The van der Waals surface area contributed by atoms with E-state index in [2.05, 4.69) is 19.9 Å². The van der Waals surface area contributed by atoms with Crippen LogP contribution in [0.15, 0.2) is 34.3 Å². The van der Waals surface area contributed by atoms with E-state index in [1.807, 2.05) is 13.8 Å². The van der Waals surface area contributed by atoms with E-state index in [0.29, 0.717) is 24.1 Å². The van der Waals surface area contributed by atoms with E-state index in [9.17, 15) is 9.59 Å². The molecule has 0 radical (unpaired) electrons. The predicted octanol–water partition coefficient (Wildman–Crippen LogP) is 0.868. The first-order valence-electron chi connectivity index (χ1n) is 6.72. The first kappa shape index (κ1) is 15.5. The number of H-pyrrole nitrogens is 3. The molecule has 0 atom stereocenters. The second-order valence-electron chi connectivity index (χ2n) is 5.05. The van der Waals surface area contributed by atoms with Crippen molar-refractivity contribution in [2.24, 2.45) is 5.92 Å². The Kier molecular flexibility index (Phi) is 4.72. The van der Waals surface area contributed by atoms with Gasteiger partial charge in [-0.1, -0.05) is 13.8 Å². The van der Waals surface area contributed by atoms with Crippen LogP contribution >= 0.6 is 0 Å². The molecule has 2 rings (SSSR count). The lowest BCUT2D eigenvalue weighted by Gasteiger charge is -2.11. The number of nitrogens with zero attached hydrogens (tertiary/aromatic N) is 1. The SMILES string of the molecule is CC(C)CO/C(=C/C(=N)c1c[nH]c(=O)[nH]c1=O)c1ncc[nH]1. The summed E-state index contributed by atoms with van der Waals surface area (Å²) >= 11 is 0. The molecule has 0 bridgehead atoms. The molecular weight excluding hydrogens is 286 g/mol. The van der Waals surface area contributed by atoms with Gasteiger partial charge < -0.3 is 14.7 Å². The van der Waals surface area contributed by atoms with E-state index < -0.39 is 11.2 Å². The van der Waals surface area contributed by atoms with Gasteiger partial charge in [-0.3, -0.25) is 15.2 Å². The van der Waals surface area contributed by atoms with Gasteiger partial charge in [-0.05, 0) is 5.92 Å². The maximum Gasteiger partial charge on any atom is 0.325 e. The third-order valence-electron chi connectivity index (χ3n) is 2.69. The molecule has 0 aromatic carbocycles. The van der Waals surface area contributed by atoms with Gasteiger partial charge in [0.05, 0.1) is 17.9 Å². The van der Waals surface area contributed by atoms with Gasteiger partial charge in [-0.2, -0.15) is 0 Å². The van der Waals surface area contributed by atoms with Gasteiger partial charge in [0.25, 0.3) is 5.56 Å². The quantitative estimate of drug-likeness (QED) is 0.466. The molecule has 0 unspecified atom stereocenters. The van der Waals surface area contributed by atoms with Crippen molar-refractivity contribution in [1.82, 2.24) is 19.9 Å².